The second-order valence-corrected chi connectivity index (χ2v) is 7.16. The molecule has 0 heterocycles. The first-order chi connectivity index (χ1) is 13.4. The van der Waals surface area contributed by atoms with Gasteiger partial charge in [-0.05, 0) is 55.7 Å². The third kappa shape index (κ3) is 6.57. The Morgan fingerprint density at radius 3 is 2.61 bits per heavy atom. The number of carbonyl (C=O) groups excluding carboxylic acids is 2. The molecular weight excluding hydrogens is 376 g/mol. The Kier molecular flexibility index (Phi) is 8.33. The topological polar surface area (TPSA) is 58.6 Å². The molecule has 5 nitrogen and oxygen atoms in total. The predicted octanol–water partition coefficient (Wildman–Crippen LogP) is 3.97. The summed E-state index contributed by atoms with van der Waals surface area (Å²) in [5.74, 6) is 0.174. The molecule has 1 N–H and O–H groups in total. The van der Waals surface area contributed by atoms with E-state index < -0.39 is 6.04 Å². The van der Waals surface area contributed by atoms with Gasteiger partial charge in [-0.15, -0.1) is 0 Å². The number of nitrogens with one attached hydrogen (secondary N) is 1. The van der Waals surface area contributed by atoms with E-state index in [2.05, 4.69) is 5.32 Å². The number of aryl methyl sites for hydroxylation is 1. The molecular formula is C22H27ClN2O3. The summed E-state index contributed by atoms with van der Waals surface area (Å²) in [7, 11) is 0. The van der Waals surface area contributed by atoms with E-state index in [9.17, 15) is 9.59 Å². The van der Waals surface area contributed by atoms with Crippen molar-refractivity contribution in [2.45, 2.75) is 39.8 Å². The van der Waals surface area contributed by atoms with Gasteiger partial charge < -0.3 is 15.0 Å². The maximum absolute atomic E-state index is 12.9. The molecule has 150 valence electrons. The number of rotatable bonds is 9. The summed E-state index contributed by atoms with van der Waals surface area (Å²) in [6.07, 6.45) is 0.831. The number of amides is 2. The highest BCUT2D eigenvalue weighted by Crippen LogP contribution is 2.16. The van der Waals surface area contributed by atoms with E-state index in [1.54, 1.807) is 25.1 Å². The molecule has 0 bridgehead atoms. The van der Waals surface area contributed by atoms with Crippen molar-refractivity contribution in [1.82, 2.24) is 10.2 Å². The van der Waals surface area contributed by atoms with Gasteiger partial charge in [-0.1, -0.05) is 42.8 Å². The zero-order valence-corrected chi connectivity index (χ0v) is 17.3. The zero-order valence-electron chi connectivity index (χ0n) is 16.6. The molecule has 0 aromatic heterocycles. The lowest BCUT2D eigenvalue weighted by Gasteiger charge is -2.28. The van der Waals surface area contributed by atoms with Crippen molar-refractivity contribution in [3.05, 3.63) is 64.7 Å². The Morgan fingerprint density at radius 2 is 1.93 bits per heavy atom. The molecule has 0 aliphatic rings. The van der Waals surface area contributed by atoms with Crippen molar-refractivity contribution in [1.29, 1.82) is 0 Å². The van der Waals surface area contributed by atoms with E-state index >= 15 is 0 Å². The van der Waals surface area contributed by atoms with E-state index in [0.29, 0.717) is 17.3 Å². The highest BCUT2D eigenvalue weighted by molar-refractivity contribution is 6.30. The lowest BCUT2D eigenvalue weighted by molar-refractivity contribution is -0.142. The minimum atomic E-state index is -0.626. The molecule has 0 saturated carbocycles. The largest absolute Gasteiger partial charge is 0.484 e. The van der Waals surface area contributed by atoms with Gasteiger partial charge in [0, 0.05) is 18.1 Å². The van der Waals surface area contributed by atoms with Crippen molar-refractivity contribution < 1.29 is 14.3 Å². The molecule has 2 amide bonds. The van der Waals surface area contributed by atoms with Crippen LogP contribution in [0.3, 0.4) is 0 Å². The van der Waals surface area contributed by atoms with Crippen molar-refractivity contribution in [3.63, 3.8) is 0 Å². The number of hydrogen-bond acceptors (Lipinski definition) is 3. The second-order valence-electron chi connectivity index (χ2n) is 6.72. The lowest BCUT2D eigenvalue weighted by Crippen LogP contribution is -2.49. The summed E-state index contributed by atoms with van der Waals surface area (Å²) < 4.78 is 5.65. The van der Waals surface area contributed by atoms with Crippen LogP contribution in [0.4, 0.5) is 0 Å². The lowest BCUT2D eigenvalue weighted by atomic mass is 10.1. The van der Waals surface area contributed by atoms with Crippen LogP contribution in [0.5, 0.6) is 5.75 Å². The van der Waals surface area contributed by atoms with Crippen LogP contribution in [0.15, 0.2) is 48.5 Å². The summed E-state index contributed by atoms with van der Waals surface area (Å²) in [5.41, 5.74) is 1.90. The van der Waals surface area contributed by atoms with E-state index in [1.165, 1.54) is 4.90 Å². The van der Waals surface area contributed by atoms with Gasteiger partial charge in [-0.25, -0.2) is 0 Å². The van der Waals surface area contributed by atoms with Crippen LogP contribution in [-0.2, 0) is 16.1 Å². The summed E-state index contributed by atoms with van der Waals surface area (Å²) in [6, 6.07) is 14.1. The van der Waals surface area contributed by atoms with E-state index in [4.69, 9.17) is 16.3 Å². The van der Waals surface area contributed by atoms with E-state index in [0.717, 1.165) is 17.5 Å². The summed E-state index contributed by atoms with van der Waals surface area (Å²) in [6.45, 7) is 6.37. The Bertz CT molecular complexity index is 810. The fourth-order valence-electron chi connectivity index (χ4n) is 2.74. The molecule has 0 aliphatic carbocycles. The van der Waals surface area contributed by atoms with Gasteiger partial charge in [-0.2, -0.15) is 0 Å². The van der Waals surface area contributed by atoms with Crippen LogP contribution in [0.25, 0.3) is 0 Å². The van der Waals surface area contributed by atoms with Crippen molar-refractivity contribution in [3.8, 4) is 5.75 Å². The fraction of sp³-hybridized carbons (Fsp3) is 0.364. The molecule has 2 aromatic carbocycles. The first-order valence-electron chi connectivity index (χ1n) is 9.41. The summed E-state index contributed by atoms with van der Waals surface area (Å²) in [4.78, 5) is 26.9. The molecule has 0 saturated heterocycles. The maximum Gasteiger partial charge on any atom is 0.261 e. The van der Waals surface area contributed by atoms with Gasteiger partial charge in [0.15, 0.2) is 6.61 Å². The Labute approximate surface area is 171 Å². The highest BCUT2D eigenvalue weighted by Gasteiger charge is 2.26. The minimum absolute atomic E-state index is 0.143. The van der Waals surface area contributed by atoms with Crippen molar-refractivity contribution >= 4 is 23.4 Å². The minimum Gasteiger partial charge on any atom is -0.484 e. The number of halogens is 1. The van der Waals surface area contributed by atoms with Gasteiger partial charge in [0.1, 0.15) is 11.8 Å². The first-order valence-corrected chi connectivity index (χ1v) is 9.79. The highest BCUT2D eigenvalue weighted by atomic mass is 35.5. The number of nitrogens with zero attached hydrogens (tertiary/aromatic N) is 1. The molecule has 28 heavy (non-hydrogen) atoms. The van der Waals surface area contributed by atoms with Crippen LogP contribution in [-0.4, -0.2) is 35.9 Å². The number of carbonyl (C=O) groups is 2. The third-order valence-electron chi connectivity index (χ3n) is 4.31. The summed E-state index contributed by atoms with van der Waals surface area (Å²) >= 11 is 6.07. The van der Waals surface area contributed by atoms with Crippen molar-refractivity contribution in [2.75, 3.05) is 13.2 Å². The molecule has 1 atom stereocenters. The van der Waals surface area contributed by atoms with Crippen LogP contribution < -0.4 is 10.1 Å². The Morgan fingerprint density at radius 1 is 1.18 bits per heavy atom. The molecule has 0 radical (unpaired) electrons. The van der Waals surface area contributed by atoms with Crippen LogP contribution in [0.1, 0.15) is 31.4 Å². The number of hydrogen-bond donors (Lipinski definition) is 1. The van der Waals surface area contributed by atoms with Gasteiger partial charge in [0.05, 0.1) is 0 Å². The quantitative estimate of drug-likeness (QED) is 0.690. The van der Waals surface area contributed by atoms with Crippen LogP contribution in [0, 0.1) is 6.92 Å². The average Bonchev–Trinajstić information content (AvgIpc) is 2.68. The molecule has 0 unspecified atom stereocenters. The zero-order chi connectivity index (χ0) is 20.5. The van der Waals surface area contributed by atoms with Gasteiger partial charge >= 0.3 is 0 Å². The average molecular weight is 403 g/mol. The molecule has 2 rings (SSSR count). The van der Waals surface area contributed by atoms with Crippen LogP contribution >= 0.6 is 11.6 Å². The molecule has 0 fully saturated rings. The van der Waals surface area contributed by atoms with Gasteiger partial charge in [0.2, 0.25) is 5.91 Å². The molecule has 0 aliphatic heterocycles. The first kappa shape index (κ1) is 21.8. The Hall–Kier alpha value is -2.53. The monoisotopic (exact) mass is 402 g/mol. The number of ether oxygens (including phenoxy) is 1. The van der Waals surface area contributed by atoms with Crippen LogP contribution in [0.2, 0.25) is 5.02 Å². The normalized spacial score (nSPS) is 11.6. The standard InChI is InChI=1S/C22H27ClN2O3/c1-4-11-24-22(27)17(3)25(14-18-8-6-9-19(23)13-18)21(26)15-28-20-10-5-7-16(2)12-20/h5-10,12-13,17H,4,11,14-15H2,1-3H3,(H,24,27)/t17-/m0/s1. The SMILES string of the molecule is CCCNC(=O)[C@H](C)N(Cc1cccc(Cl)c1)C(=O)COc1cccc(C)c1. The smallest absolute Gasteiger partial charge is 0.261 e. The molecule has 2 aromatic rings. The van der Waals surface area contributed by atoms with Gasteiger partial charge in [-0.3, -0.25) is 9.59 Å². The predicted molar refractivity (Wildman–Crippen MR) is 111 cm³/mol. The number of benzene rings is 2. The van der Waals surface area contributed by atoms with Gasteiger partial charge in [0.25, 0.3) is 5.91 Å². The fourth-order valence-corrected chi connectivity index (χ4v) is 2.96. The molecule has 6 heteroatoms. The third-order valence-corrected chi connectivity index (χ3v) is 4.55. The van der Waals surface area contributed by atoms with E-state index in [-0.39, 0.29) is 25.0 Å². The second kappa shape index (κ2) is 10.7. The molecule has 0 spiro atoms. The van der Waals surface area contributed by atoms with E-state index in [1.807, 2.05) is 44.2 Å². The Balaban J connectivity index is 2.13. The summed E-state index contributed by atoms with van der Waals surface area (Å²) in [5, 5.41) is 3.43. The van der Waals surface area contributed by atoms with Crippen molar-refractivity contribution in [2.24, 2.45) is 0 Å². The maximum atomic E-state index is 12.9.